The Labute approximate surface area is 202 Å². The van der Waals surface area contributed by atoms with Gasteiger partial charge in [0, 0.05) is 22.7 Å². The summed E-state index contributed by atoms with van der Waals surface area (Å²) in [6.07, 6.45) is 2.30. The number of carbonyl (C=O) groups excluding carboxylic acids is 1. The van der Waals surface area contributed by atoms with Crippen molar-refractivity contribution in [2.24, 2.45) is 0 Å². The summed E-state index contributed by atoms with van der Waals surface area (Å²) in [4.78, 5) is 16.5. The Kier molecular flexibility index (Phi) is 7.21. The Bertz CT molecular complexity index is 1360. The van der Waals surface area contributed by atoms with Crippen molar-refractivity contribution in [1.82, 2.24) is 10.3 Å². The predicted octanol–water partition coefficient (Wildman–Crippen LogP) is 4.33. The fraction of sp³-hybridized carbons (Fsp3) is 0.222. The van der Waals surface area contributed by atoms with E-state index in [1.165, 1.54) is 11.3 Å². The summed E-state index contributed by atoms with van der Waals surface area (Å²) in [6, 6.07) is 14.6. The van der Waals surface area contributed by atoms with E-state index >= 15 is 0 Å². The van der Waals surface area contributed by atoms with Crippen LogP contribution in [0.5, 0.6) is 5.75 Å². The molecule has 0 unspecified atom stereocenters. The van der Waals surface area contributed by atoms with E-state index in [1.807, 2.05) is 61.8 Å². The number of hydrogen-bond donors (Lipinski definition) is 4. The van der Waals surface area contributed by atoms with E-state index in [-0.39, 0.29) is 18.6 Å². The minimum atomic E-state index is -0.459. The Morgan fingerprint density at radius 1 is 1.21 bits per heavy atom. The van der Waals surface area contributed by atoms with Gasteiger partial charge in [-0.05, 0) is 61.5 Å². The summed E-state index contributed by atoms with van der Waals surface area (Å²) in [5.74, 6) is 6.27. The highest BCUT2D eigenvalue weighted by Crippen LogP contribution is 2.23. The van der Waals surface area contributed by atoms with Gasteiger partial charge < -0.3 is 25.9 Å². The lowest BCUT2D eigenvalue weighted by molar-refractivity contribution is 0.0910. The van der Waals surface area contributed by atoms with Crippen LogP contribution in [0, 0.1) is 11.8 Å². The van der Waals surface area contributed by atoms with Crippen LogP contribution in [-0.2, 0) is 6.42 Å². The van der Waals surface area contributed by atoms with Crippen molar-refractivity contribution in [3.63, 3.8) is 0 Å². The van der Waals surface area contributed by atoms with Crippen molar-refractivity contribution in [2.45, 2.75) is 32.4 Å². The average molecular weight is 474 g/mol. The molecule has 0 bridgehead atoms. The van der Waals surface area contributed by atoms with Crippen LogP contribution in [0.25, 0.3) is 10.9 Å². The number of H-pyrrole nitrogens is 1. The molecule has 0 saturated heterocycles. The molecule has 34 heavy (non-hydrogen) atoms. The van der Waals surface area contributed by atoms with Gasteiger partial charge >= 0.3 is 0 Å². The molecule has 0 saturated carbocycles. The van der Waals surface area contributed by atoms with E-state index in [4.69, 9.17) is 10.5 Å². The van der Waals surface area contributed by atoms with Gasteiger partial charge in [-0.25, -0.2) is 0 Å². The Hall–Kier alpha value is -3.73. The standard InChI is InChI=1S/C27H27N3O3S/c1-17(2)33-25-10-8-18(7-9-19-11-12-34-26(19)28)13-23(25)27(32)30-21(16-31)14-20-15-29-24-6-4-3-5-22(20)24/h3-6,8,10-13,15,17,21,29,31H,14,16,28H2,1-2H3,(H,30,32)/t21-/m1/s1. The number of aromatic amines is 1. The minimum absolute atomic E-state index is 0.103. The number of ether oxygens (including phenoxy) is 1. The van der Waals surface area contributed by atoms with Gasteiger partial charge in [0.05, 0.1) is 29.9 Å². The number of nitrogens with two attached hydrogens (primary N) is 1. The fourth-order valence-corrected chi connectivity index (χ4v) is 4.29. The maximum Gasteiger partial charge on any atom is 0.255 e. The van der Waals surface area contributed by atoms with Gasteiger partial charge in [0.25, 0.3) is 5.91 Å². The third kappa shape index (κ3) is 5.42. The van der Waals surface area contributed by atoms with E-state index in [1.54, 1.807) is 12.1 Å². The first-order valence-electron chi connectivity index (χ1n) is 11.1. The zero-order chi connectivity index (χ0) is 24.1. The van der Waals surface area contributed by atoms with Gasteiger partial charge in [-0.2, -0.15) is 0 Å². The number of benzene rings is 2. The summed E-state index contributed by atoms with van der Waals surface area (Å²) in [5, 5.41) is 16.6. The fourth-order valence-electron chi connectivity index (χ4n) is 3.70. The van der Waals surface area contributed by atoms with Crippen molar-refractivity contribution < 1.29 is 14.6 Å². The quantitative estimate of drug-likeness (QED) is 0.300. The molecule has 0 radical (unpaired) electrons. The molecule has 1 atom stereocenters. The minimum Gasteiger partial charge on any atom is -0.490 e. The number of rotatable bonds is 7. The zero-order valence-corrected chi connectivity index (χ0v) is 19.9. The number of nitrogen functional groups attached to an aromatic ring is 1. The summed E-state index contributed by atoms with van der Waals surface area (Å²) in [7, 11) is 0. The zero-order valence-electron chi connectivity index (χ0n) is 19.1. The highest BCUT2D eigenvalue weighted by atomic mass is 32.1. The van der Waals surface area contributed by atoms with Gasteiger partial charge in [-0.3, -0.25) is 4.79 Å². The number of aliphatic hydroxyl groups excluding tert-OH is 1. The number of nitrogens with one attached hydrogen (secondary N) is 2. The maximum absolute atomic E-state index is 13.3. The van der Waals surface area contributed by atoms with Gasteiger partial charge in [-0.1, -0.05) is 30.0 Å². The van der Waals surface area contributed by atoms with Gasteiger partial charge in [0.15, 0.2) is 0 Å². The van der Waals surface area contributed by atoms with E-state index in [9.17, 15) is 9.90 Å². The van der Waals surface area contributed by atoms with E-state index in [2.05, 4.69) is 22.1 Å². The van der Waals surface area contributed by atoms with E-state index in [0.717, 1.165) is 22.0 Å². The number of aliphatic hydroxyl groups is 1. The number of aromatic nitrogens is 1. The summed E-state index contributed by atoms with van der Waals surface area (Å²) < 4.78 is 5.87. The lowest BCUT2D eigenvalue weighted by atomic mass is 10.0. The molecule has 0 aliphatic carbocycles. The molecule has 174 valence electrons. The largest absolute Gasteiger partial charge is 0.490 e. The predicted molar refractivity (Wildman–Crippen MR) is 137 cm³/mol. The van der Waals surface area contributed by atoms with E-state index in [0.29, 0.717) is 28.3 Å². The first-order chi connectivity index (χ1) is 16.4. The normalized spacial score (nSPS) is 11.8. The highest BCUT2D eigenvalue weighted by Gasteiger charge is 2.19. The lowest BCUT2D eigenvalue weighted by Crippen LogP contribution is -2.39. The molecule has 0 fully saturated rings. The second-order valence-corrected chi connectivity index (χ2v) is 9.19. The maximum atomic E-state index is 13.3. The summed E-state index contributed by atoms with van der Waals surface area (Å²) >= 11 is 1.43. The molecule has 2 heterocycles. The lowest BCUT2D eigenvalue weighted by Gasteiger charge is -2.19. The van der Waals surface area contributed by atoms with Gasteiger partial charge in [-0.15, -0.1) is 11.3 Å². The molecule has 1 amide bonds. The number of hydrogen-bond acceptors (Lipinski definition) is 5. The van der Waals surface area contributed by atoms with Crippen molar-refractivity contribution in [3.05, 3.63) is 82.4 Å². The molecule has 5 N–H and O–H groups in total. The molecule has 7 heteroatoms. The molecule has 2 aromatic carbocycles. The van der Waals surface area contributed by atoms with Crippen LogP contribution in [0.15, 0.2) is 60.1 Å². The molecule has 0 aliphatic heterocycles. The third-order valence-corrected chi connectivity index (χ3v) is 6.07. The van der Waals surface area contributed by atoms with Crippen LogP contribution >= 0.6 is 11.3 Å². The number of amides is 1. The summed E-state index contributed by atoms with van der Waals surface area (Å²) in [5.41, 5.74) is 9.78. The second-order valence-electron chi connectivity index (χ2n) is 8.24. The van der Waals surface area contributed by atoms with Crippen LogP contribution in [-0.4, -0.2) is 34.8 Å². The molecule has 4 rings (SSSR count). The number of anilines is 1. The van der Waals surface area contributed by atoms with E-state index < -0.39 is 6.04 Å². The van der Waals surface area contributed by atoms with Crippen LogP contribution in [0.3, 0.4) is 0 Å². The molecular formula is C27H27N3O3S. The van der Waals surface area contributed by atoms with Gasteiger partial charge in [0.1, 0.15) is 10.8 Å². The summed E-state index contributed by atoms with van der Waals surface area (Å²) in [6.45, 7) is 3.62. The van der Waals surface area contributed by atoms with Crippen LogP contribution < -0.4 is 15.8 Å². The van der Waals surface area contributed by atoms with Crippen LogP contribution in [0.2, 0.25) is 0 Å². The van der Waals surface area contributed by atoms with Crippen LogP contribution in [0.1, 0.15) is 40.9 Å². The van der Waals surface area contributed by atoms with Crippen LogP contribution in [0.4, 0.5) is 5.00 Å². The smallest absolute Gasteiger partial charge is 0.255 e. The average Bonchev–Trinajstić information content (AvgIpc) is 3.43. The van der Waals surface area contributed by atoms with Crippen molar-refractivity contribution >= 4 is 33.1 Å². The molecule has 0 spiro atoms. The van der Waals surface area contributed by atoms with Crippen molar-refractivity contribution in [2.75, 3.05) is 12.3 Å². The van der Waals surface area contributed by atoms with Gasteiger partial charge in [0.2, 0.25) is 0 Å². The first kappa shape index (κ1) is 23.4. The number of carbonyl (C=O) groups is 1. The molecular weight excluding hydrogens is 446 g/mol. The van der Waals surface area contributed by atoms with Crippen molar-refractivity contribution in [3.8, 4) is 17.6 Å². The Morgan fingerprint density at radius 2 is 2.03 bits per heavy atom. The topological polar surface area (TPSA) is 100 Å². The first-order valence-corrected chi connectivity index (χ1v) is 11.9. The molecule has 2 aromatic heterocycles. The Balaban J connectivity index is 1.58. The number of thiophene rings is 1. The molecule has 0 aliphatic rings. The highest BCUT2D eigenvalue weighted by molar-refractivity contribution is 7.14. The van der Waals surface area contributed by atoms with Crippen molar-refractivity contribution in [1.29, 1.82) is 0 Å². The number of fused-ring (bicyclic) bond motifs is 1. The number of para-hydroxylation sites is 1. The Morgan fingerprint density at radius 3 is 2.76 bits per heavy atom. The monoisotopic (exact) mass is 473 g/mol. The molecule has 4 aromatic rings. The second kappa shape index (κ2) is 10.5. The SMILES string of the molecule is CC(C)Oc1ccc(C#Cc2ccsc2N)cc1C(=O)N[C@@H](CO)Cc1c[nH]c2ccccc12. The third-order valence-electron chi connectivity index (χ3n) is 5.32. The molecule has 6 nitrogen and oxygen atoms in total.